The lowest BCUT2D eigenvalue weighted by atomic mass is 9.90. The second-order valence-corrected chi connectivity index (χ2v) is 8.97. The molecule has 1 saturated heterocycles. The fourth-order valence-electron chi connectivity index (χ4n) is 4.10. The zero-order chi connectivity index (χ0) is 16.7. The third-order valence-corrected chi connectivity index (χ3v) is 6.91. The highest BCUT2D eigenvalue weighted by Crippen LogP contribution is 2.29. The quantitative estimate of drug-likeness (QED) is 0.820. The molecule has 1 aromatic rings. The lowest BCUT2D eigenvalue weighted by Crippen LogP contribution is -2.59. The van der Waals surface area contributed by atoms with E-state index in [1.807, 2.05) is 0 Å². The van der Waals surface area contributed by atoms with Crippen LogP contribution in [0.15, 0.2) is 0 Å². The van der Waals surface area contributed by atoms with Crippen LogP contribution >= 0.6 is 22.9 Å². The highest BCUT2D eigenvalue weighted by atomic mass is 35.5. The Hall–Kier alpha value is -0.690. The number of hydrogen-bond donors (Lipinski definition) is 0. The van der Waals surface area contributed by atoms with Crippen molar-refractivity contribution in [2.75, 3.05) is 32.7 Å². The smallest absolute Gasteiger partial charge is 0.236 e. The minimum atomic E-state index is 0.272. The van der Waals surface area contributed by atoms with Crippen LogP contribution in [0.2, 0.25) is 4.47 Å². The van der Waals surface area contributed by atoms with Gasteiger partial charge in [-0.05, 0) is 19.8 Å². The molecule has 24 heavy (non-hydrogen) atoms. The summed E-state index contributed by atoms with van der Waals surface area (Å²) in [6, 6.07) is 1.26. The van der Waals surface area contributed by atoms with Crippen LogP contribution in [0.3, 0.4) is 0 Å². The van der Waals surface area contributed by atoms with Crippen LogP contribution in [-0.2, 0) is 17.8 Å². The fourth-order valence-corrected chi connectivity index (χ4v) is 5.36. The molecule has 1 amide bonds. The van der Waals surface area contributed by atoms with Gasteiger partial charge in [-0.2, -0.15) is 0 Å². The van der Waals surface area contributed by atoms with Gasteiger partial charge in [-0.1, -0.05) is 18.0 Å². The molecule has 0 bridgehead atoms. The number of hydrogen-bond acceptors (Lipinski definition) is 5. The Kier molecular flexibility index (Phi) is 4.82. The third-order valence-electron chi connectivity index (χ3n) is 5.72. The number of carbonyl (C=O) groups is 1. The van der Waals surface area contributed by atoms with Crippen molar-refractivity contribution in [3.63, 3.8) is 0 Å². The molecule has 1 atom stereocenters. The molecule has 3 aliphatic rings. The lowest BCUT2D eigenvalue weighted by molar-refractivity contribution is -0.136. The van der Waals surface area contributed by atoms with Crippen LogP contribution in [-0.4, -0.2) is 70.4 Å². The minimum Gasteiger partial charge on any atom is -0.339 e. The number of halogens is 1. The van der Waals surface area contributed by atoms with Crippen molar-refractivity contribution in [3.05, 3.63) is 15.0 Å². The first-order valence-corrected chi connectivity index (χ1v) is 10.2. The van der Waals surface area contributed by atoms with Crippen molar-refractivity contribution in [2.24, 2.45) is 0 Å². The highest BCUT2D eigenvalue weighted by molar-refractivity contribution is 7.15. The van der Waals surface area contributed by atoms with Gasteiger partial charge in [0.15, 0.2) is 4.47 Å². The Morgan fingerprint density at radius 3 is 2.88 bits per heavy atom. The second kappa shape index (κ2) is 6.90. The van der Waals surface area contributed by atoms with Gasteiger partial charge < -0.3 is 4.90 Å². The molecule has 0 radical (unpaired) electrons. The Labute approximate surface area is 152 Å². The van der Waals surface area contributed by atoms with E-state index in [4.69, 9.17) is 11.6 Å². The molecular formula is C17H25ClN4OS. The summed E-state index contributed by atoms with van der Waals surface area (Å²) in [7, 11) is 0. The van der Waals surface area contributed by atoms with Crippen LogP contribution in [0.5, 0.6) is 0 Å². The predicted octanol–water partition coefficient (Wildman–Crippen LogP) is 2.24. The zero-order valence-electron chi connectivity index (χ0n) is 14.2. The van der Waals surface area contributed by atoms with E-state index in [0.29, 0.717) is 17.1 Å². The summed E-state index contributed by atoms with van der Waals surface area (Å²) in [6.07, 6.45) is 4.95. The second-order valence-electron chi connectivity index (χ2n) is 7.31. The van der Waals surface area contributed by atoms with Crippen molar-refractivity contribution >= 4 is 28.8 Å². The van der Waals surface area contributed by atoms with E-state index < -0.39 is 0 Å². The number of nitrogens with zero attached hydrogens (tertiary/aromatic N) is 4. The summed E-state index contributed by atoms with van der Waals surface area (Å²) in [5, 5.41) is 0. The topological polar surface area (TPSA) is 39.7 Å². The van der Waals surface area contributed by atoms with E-state index in [9.17, 15) is 4.79 Å². The van der Waals surface area contributed by atoms with Gasteiger partial charge in [0.2, 0.25) is 5.91 Å². The van der Waals surface area contributed by atoms with E-state index >= 15 is 0 Å². The summed E-state index contributed by atoms with van der Waals surface area (Å²) in [5.74, 6) is 0.272. The van der Waals surface area contributed by atoms with Gasteiger partial charge in [0.05, 0.1) is 12.2 Å². The molecular weight excluding hydrogens is 344 g/mol. The molecule has 5 nitrogen and oxygen atoms in total. The van der Waals surface area contributed by atoms with Gasteiger partial charge in [-0.15, -0.1) is 11.3 Å². The average molecular weight is 369 g/mol. The average Bonchev–Trinajstić information content (AvgIpc) is 2.86. The van der Waals surface area contributed by atoms with Gasteiger partial charge in [-0.25, -0.2) is 4.98 Å². The first-order valence-electron chi connectivity index (χ1n) is 9.00. The molecule has 4 rings (SSSR count). The van der Waals surface area contributed by atoms with Crippen molar-refractivity contribution < 1.29 is 4.79 Å². The van der Waals surface area contributed by atoms with E-state index in [1.54, 1.807) is 11.3 Å². The molecule has 0 N–H and O–H groups in total. The van der Waals surface area contributed by atoms with E-state index in [0.717, 1.165) is 50.9 Å². The first kappa shape index (κ1) is 16.8. The Balaban J connectivity index is 1.30. The van der Waals surface area contributed by atoms with Crippen molar-refractivity contribution in [2.45, 2.75) is 51.2 Å². The number of piperazine rings is 1. The number of aromatic nitrogens is 1. The summed E-state index contributed by atoms with van der Waals surface area (Å²) >= 11 is 7.56. The van der Waals surface area contributed by atoms with Gasteiger partial charge in [0.1, 0.15) is 0 Å². The molecule has 7 heteroatoms. The normalized spacial score (nSPS) is 26.2. The maximum Gasteiger partial charge on any atom is 0.236 e. The highest BCUT2D eigenvalue weighted by Gasteiger charge is 2.34. The SMILES string of the molecule is CC1CN(C(=O)CN2CCc3nc(Cl)sc3C2)CCN1C1CCC1. The van der Waals surface area contributed by atoms with E-state index in [-0.39, 0.29) is 5.91 Å². The molecule has 2 aliphatic heterocycles. The molecule has 0 spiro atoms. The lowest BCUT2D eigenvalue weighted by Gasteiger charge is -2.47. The van der Waals surface area contributed by atoms with Crippen LogP contribution in [0, 0.1) is 0 Å². The molecule has 1 unspecified atom stereocenters. The Bertz CT molecular complexity index is 618. The maximum atomic E-state index is 12.7. The number of fused-ring (bicyclic) bond motifs is 1. The monoisotopic (exact) mass is 368 g/mol. The molecule has 1 aromatic heterocycles. The number of amides is 1. The van der Waals surface area contributed by atoms with Crippen LogP contribution in [0.4, 0.5) is 0 Å². The summed E-state index contributed by atoms with van der Waals surface area (Å²) in [4.78, 5) is 25.2. The number of thiazole rings is 1. The summed E-state index contributed by atoms with van der Waals surface area (Å²) in [6.45, 7) is 7.28. The summed E-state index contributed by atoms with van der Waals surface area (Å²) < 4.78 is 0.620. The molecule has 1 saturated carbocycles. The predicted molar refractivity (Wildman–Crippen MR) is 96.5 cm³/mol. The minimum absolute atomic E-state index is 0.272. The molecule has 132 valence electrons. The van der Waals surface area contributed by atoms with E-state index in [2.05, 4.69) is 26.6 Å². The van der Waals surface area contributed by atoms with Gasteiger partial charge >= 0.3 is 0 Å². The summed E-state index contributed by atoms with van der Waals surface area (Å²) in [5.41, 5.74) is 1.12. The third kappa shape index (κ3) is 3.34. The first-order chi connectivity index (χ1) is 11.6. The van der Waals surface area contributed by atoms with E-state index in [1.165, 1.54) is 24.1 Å². The van der Waals surface area contributed by atoms with Crippen molar-refractivity contribution in [1.82, 2.24) is 19.7 Å². The van der Waals surface area contributed by atoms with Crippen LogP contribution in [0.25, 0.3) is 0 Å². The van der Waals surface area contributed by atoms with Crippen LogP contribution in [0.1, 0.15) is 36.8 Å². The molecule has 1 aliphatic carbocycles. The fraction of sp³-hybridized carbons (Fsp3) is 0.765. The van der Waals surface area contributed by atoms with Gasteiger partial charge in [0, 0.05) is 56.1 Å². The van der Waals surface area contributed by atoms with Gasteiger partial charge in [-0.3, -0.25) is 14.6 Å². The standard InChI is InChI=1S/C17H25ClN4OS/c1-12-9-21(7-8-22(12)13-3-2-4-13)16(23)11-20-6-5-14-15(10-20)24-17(18)19-14/h12-13H,2-11H2,1H3. The maximum absolute atomic E-state index is 12.7. The Morgan fingerprint density at radius 2 is 2.17 bits per heavy atom. The molecule has 2 fully saturated rings. The van der Waals surface area contributed by atoms with Crippen molar-refractivity contribution in [1.29, 1.82) is 0 Å². The Morgan fingerprint density at radius 1 is 1.33 bits per heavy atom. The molecule has 3 heterocycles. The van der Waals surface area contributed by atoms with Gasteiger partial charge in [0.25, 0.3) is 0 Å². The molecule has 0 aromatic carbocycles. The van der Waals surface area contributed by atoms with Crippen LogP contribution < -0.4 is 0 Å². The zero-order valence-corrected chi connectivity index (χ0v) is 15.8. The van der Waals surface area contributed by atoms with Crippen molar-refractivity contribution in [3.8, 4) is 0 Å². The number of rotatable bonds is 3. The number of carbonyl (C=O) groups excluding carboxylic acids is 1. The largest absolute Gasteiger partial charge is 0.339 e.